The summed E-state index contributed by atoms with van der Waals surface area (Å²) in [5.74, 6) is 0.696. The summed E-state index contributed by atoms with van der Waals surface area (Å²) in [5.41, 5.74) is 7.12. The lowest BCUT2D eigenvalue weighted by Gasteiger charge is -2.18. The summed E-state index contributed by atoms with van der Waals surface area (Å²) in [6.07, 6.45) is 1.54. The number of aryl methyl sites for hydroxylation is 1. The van der Waals surface area contributed by atoms with Gasteiger partial charge in [0.15, 0.2) is 0 Å². The van der Waals surface area contributed by atoms with E-state index < -0.39 is 10.0 Å². The van der Waals surface area contributed by atoms with Gasteiger partial charge in [0.05, 0.1) is 11.3 Å². The average Bonchev–Trinajstić information content (AvgIpc) is 2.83. The van der Waals surface area contributed by atoms with Gasteiger partial charge in [0.25, 0.3) is 0 Å². The van der Waals surface area contributed by atoms with Crippen LogP contribution in [-0.4, -0.2) is 19.8 Å². The summed E-state index contributed by atoms with van der Waals surface area (Å²) in [7, 11) is -2.16. The van der Waals surface area contributed by atoms with Gasteiger partial charge in [0.2, 0.25) is 10.0 Å². The quantitative estimate of drug-likeness (QED) is 0.915. The lowest BCUT2D eigenvalue weighted by molar-refractivity contribution is 0.459. The Morgan fingerprint density at radius 1 is 1.33 bits per heavy atom. The maximum absolute atomic E-state index is 12.6. The first kappa shape index (κ1) is 16.0. The number of furan rings is 1. The first-order valence-corrected chi connectivity index (χ1v) is 8.16. The van der Waals surface area contributed by atoms with Crippen molar-refractivity contribution in [2.75, 3.05) is 7.05 Å². The van der Waals surface area contributed by atoms with Gasteiger partial charge >= 0.3 is 0 Å². The molecule has 0 saturated heterocycles. The molecular formula is C14H17ClN2O3S. The van der Waals surface area contributed by atoms with E-state index in [0.717, 1.165) is 11.1 Å². The fourth-order valence-electron chi connectivity index (χ4n) is 1.95. The van der Waals surface area contributed by atoms with E-state index in [2.05, 4.69) is 0 Å². The minimum Gasteiger partial charge on any atom is -0.469 e. The summed E-state index contributed by atoms with van der Waals surface area (Å²) in [6, 6.07) is 6.47. The number of benzene rings is 1. The van der Waals surface area contributed by atoms with Gasteiger partial charge < -0.3 is 10.2 Å². The predicted molar refractivity (Wildman–Crippen MR) is 81.4 cm³/mol. The van der Waals surface area contributed by atoms with Crippen molar-refractivity contribution in [3.8, 4) is 0 Å². The molecule has 0 atom stereocenters. The van der Waals surface area contributed by atoms with Crippen LogP contribution in [0.1, 0.15) is 16.9 Å². The van der Waals surface area contributed by atoms with Crippen LogP contribution < -0.4 is 5.73 Å². The normalized spacial score (nSPS) is 12.0. The van der Waals surface area contributed by atoms with E-state index in [1.807, 2.05) is 0 Å². The number of hydrogen-bond acceptors (Lipinski definition) is 4. The molecule has 114 valence electrons. The minimum absolute atomic E-state index is 0.0741. The van der Waals surface area contributed by atoms with Crippen LogP contribution >= 0.6 is 11.6 Å². The van der Waals surface area contributed by atoms with Crippen LogP contribution in [-0.2, 0) is 23.1 Å². The predicted octanol–water partition coefficient (Wildman–Crippen LogP) is 2.52. The van der Waals surface area contributed by atoms with Crippen molar-refractivity contribution < 1.29 is 12.8 Å². The van der Waals surface area contributed by atoms with E-state index >= 15 is 0 Å². The fourth-order valence-corrected chi connectivity index (χ4v) is 3.63. The molecular weight excluding hydrogens is 312 g/mol. The molecule has 2 aromatic rings. The first-order chi connectivity index (χ1) is 9.86. The maximum Gasteiger partial charge on any atom is 0.244 e. The Bertz CT molecular complexity index is 740. The summed E-state index contributed by atoms with van der Waals surface area (Å²) < 4.78 is 31.6. The second-order valence-electron chi connectivity index (χ2n) is 4.73. The number of halogens is 1. The van der Waals surface area contributed by atoms with Crippen LogP contribution in [0, 0.1) is 6.92 Å². The van der Waals surface area contributed by atoms with Crippen molar-refractivity contribution in [1.82, 2.24) is 4.31 Å². The summed E-state index contributed by atoms with van der Waals surface area (Å²) in [5, 5.41) is 0.175. The summed E-state index contributed by atoms with van der Waals surface area (Å²) >= 11 is 6.07. The standard InChI is InChI=1S/C14H17ClN2O3S/c1-10-12(5-6-20-10)9-17(2)21(18,19)14-4-3-11(8-16)7-13(14)15/h3-7H,8-9,16H2,1-2H3. The Kier molecular flexibility index (Phi) is 4.73. The second-order valence-corrected chi connectivity index (χ2v) is 7.15. The zero-order chi connectivity index (χ0) is 15.6. The van der Waals surface area contributed by atoms with Gasteiger partial charge in [-0.2, -0.15) is 4.31 Å². The molecule has 0 aliphatic heterocycles. The molecule has 5 nitrogen and oxygen atoms in total. The number of sulfonamides is 1. The van der Waals surface area contributed by atoms with Crippen molar-refractivity contribution in [1.29, 1.82) is 0 Å². The van der Waals surface area contributed by atoms with Gasteiger partial charge in [-0.15, -0.1) is 0 Å². The lowest BCUT2D eigenvalue weighted by atomic mass is 10.2. The van der Waals surface area contributed by atoms with Gasteiger partial charge in [-0.05, 0) is 30.7 Å². The van der Waals surface area contributed by atoms with Crippen LogP contribution in [0.25, 0.3) is 0 Å². The lowest BCUT2D eigenvalue weighted by Crippen LogP contribution is -2.27. The van der Waals surface area contributed by atoms with E-state index in [1.165, 1.54) is 23.7 Å². The fraction of sp³-hybridized carbons (Fsp3) is 0.286. The first-order valence-electron chi connectivity index (χ1n) is 6.34. The molecule has 0 radical (unpaired) electrons. The Balaban J connectivity index is 2.31. The molecule has 0 fully saturated rings. The number of nitrogens with two attached hydrogens (primary N) is 1. The smallest absolute Gasteiger partial charge is 0.244 e. The molecule has 0 spiro atoms. The molecule has 2 N–H and O–H groups in total. The highest BCUT2D eigenvalue weighted by atomic mass is 35.5. The van der Waals surface area contributed by atoms with Crippen LogP contribution in [0.5, 0.6) is 0 Å². The van der Waals surface area contributed by atoms with E-state index in [-0.39, 0.29) is 16.5 Å². The van der Waals surface area contributed by atoms with Crippen LogP contribution in [0.15, 0.2) is 39.8 Å². The van der Waals surface area contributed by atoms with Crippen molar-refractivity contribution in [3.63, 3.8) is 0 Å². The van der Waals surface area contributed by atoms with Crippen LogP contribution in [0.3, 0.4) is 0 Å². The monoisotopic (exact) mass is 328 g/mol. The summed E-state index contributed by atoms with van der Waals surface area (Å²) in [6.45, 7) is 2.32. The highest BCUT2D eigenvalue weighted by Gasteiger charge is 2.24. The topological polar surface area (TPSA) is 76.5 Å². The van der Waals surface area contributed by atoms with Crippen LogP contribution in [0.2, 0.25) is 5.02 Å². The Morgan fingerprint density at radius 3 is 2.57 bits per heavy atom. The average molecular weight is 329 g/mol. The molecule has 1 heterocycles. The minimum atomic E-state index is -3.67. The van der Waals surface area contributed by atoms with Crippen molar-refractivity contribution >= 4 is 21.6 Å². The Labute approximate surface area is 129 Å². The number of nitrogens with zero attached hydrogens (tertiary/aromatic N) is 1. The van der Waals surface area contributed by atoms with Crippen molar-refractivity contribution in [2.24, 2.45) is 5.73 Å². The maximum atomic E-state index is 12.6. The van der Waals surface area contributed by atoms with Gasteiger partial charge in [-0.1, -0.05) is 17.7 Å². The highest BCUT2D eigenvalue weighted by molar-refractivity contribution is 7.89. The highest BCUT2D eigenvalue weighted by Crippen LogP contribution is 2.26. The third-order valence-corrected chi connectivity index (χ3v) is 5.57. The summed E-state index contributed by atoms with van der Waals surface area (Å²) in [4.78, 5) is 0.0741. The Morgan fingerprint density at radius 2 is 2.05 bits per heavy atom. The Hall–Kier alpha value is -1.34. The van der Waals surface area contributed by atoms with Crippen molar-refractivity contribution in [3.05, 3.63) is 52.4 Å². The third-order valence-electron chi connectivity index (χ3n) is 3.28. The van der Waals surface area contributed by atoms with E-state index in [9.17, 15) is 8.42 Å². The zero-order valence-electron chi connectivity index (χ0n) is 11.8. The second kappa shape index (κ2) is 6.19. The molecule has 1 aromatic heterocycles. The van der Waals surface area contributed by atoms with E-state index in [1.54, 1.807) is 25.1 Å². The third kappa shape index (κ3) is 3.29. The van der Waals surface area contributed by atoms with E-state index in [0.29, 0.717) is 12.3 Å². The molecule has 21 heavy (non-hydrogen) atoms. The largest absolute Gasteiger partial charge is 0.469 e. The molecule has 0 aliphatic carbocycles. The number of rotatable bonds is 5. The molecule has 0 amide bonds. The molecule has 0 saturated carbocycles. The molecule has 0 bridgehead atoms. The zero-order valence-corrected chi connectivity index (χ0v) is 13.4. The molecule has 0 unspecified atom stereocenters. The molecule has 1 aromatic carbocycles. The molecule has 0 aliphatic rings. The SMILES string of the molecule is Cc1occc1CN(C)S(=O)(=O)c1ccc(CN)cc1Cl. The van der Waals surface area contributed by atoms with Gasteiger partial charge in [0.1, 0.15) is 10.7 Å². The molecule has 7 heteroatoms. The van der Waals surface area contributed by atoms with Gasteiger partial charge in [-0.3, -0.25) is 0 Å². The van der Waals surface area contributed by atoms with E-state index in [4.69, 9.17) is 21.8 Å². The van der Waals surface area contributed by atoms with Crippen molar-refractivity contribution in [2.45, 2.75) is 24.9 Å². The van der Waals surface area contributed by atoms with Crippen LogP contribution in [0.4, 0.5) is 0 Å². The van der Waals surface area contributed by atoms with Gasteiger partial charge in [0, 0.05) is 25.7 Å². The van der Waals surface area contributed by atoms with Gasteiger partial charge in [-0.25, -0.2) is 8.42 Å². The number of hydrogen-bond donors (Lipinski definition) is 1. The molecule has 2 rings (SSSR count).